The number of alkyl halides is 3. The summed E-state index contributed by atoms with van der Waals surface area (Å²) >= 11 is 0. The van der Waals surface area contributed by atoms with Crippen molar-refractivity contribution in [2.45, 2.75) is 26.3 Å². The van der Waals surface area contributed by atoms with Crippen LogP contribution >= 0.6 is 0 Å². The third-order valence-corrected chi connectivity index (χ3v) is 4.25. The van der Waals surface area contributed by atoms with Gasteiger partial charge in [0.1, 0.15) is 18.1 Å². The average molecular weight is 400 g/mol. The van der Waals surface area contributed by atoms with Gasteiger partial charge in [-0.05, 0) is 42.3 Å². The van der Waals surface area contributed by atoms with E-state index in [9.17, 15) is 18.0 Å². The molecular formula is C22H19F3N2O2. The van der Waals surface area contributed by atoms with Crippen molar-refractivity contribution < 1.29 is 22.7 Å². The highest BCUT2D eigenvalue weighted by molar-refractivity contribution is 5.95. The minimum Gasteiger partial charge on any atom is -0.489 e. The minimum atomic E-state index is -4.54. The van der Waals surface area contributed by atoms with Gasteiger partial charge >= 0.3 is 6.18 Å². The zero-order chi connectivity index (χ0) is 20.9. The third-order valence-electron chi connectivity index (χ3n) is 4.25. The summed E-state index contributed by atoms with van der Waals surface area (Å²) in [5.41, 5.74) is 0.975. The van der Waals surface area contributed by atoms with E-state index in [0.717, 1.165) is 29.0 Å². The summed E-state index contributed by atoms with van der Waals surface area (Å²) in [6.45, 7) is 2.05. The summed E-state index contributed by atoms with van der Waals surface area (Å²) in [6.07, 6.45) is -4.54. The van der Waals surface area contributed by atoms with E-state index >= 15 is 0 Å². The summed E-state index contributed by atoms with van der Waals surface area (Å²) in [7, 11) is 0. The molecular weight excluding hydrogens is 381 g/mol. The molecule has 0 radical (unpaired) electrons. The fourth-order valence-corrected chi connectivity index (χ4v) is 2.67. The number of aryl methyl sites for hydroxylation is 1. The second-order valence-electron chi connectivity index (χ2n) is 6.43. The van der Waals surface area contributed by atoms with Gasteiger partial charge in [-0.15, -0.1) is 0 Å². The molecule has 1 heterocycles. The normalized spacial score (nSPS) is 11.2. The van der Waals surface area contributed by atoms with Crippen molar-refractivity contribution in [3.05, 3.63) is 94.8 Å². The van der Waals surface area contributed by atoms with Crippen LogP contribution in [0, 0.1) is 6.92 Å². The van der Waals surface area contributed by atoms with Gasteiger partial charge in [-0.2, -0.15) is 13.2 Å². The highest BCUT2D eigenvalue weighted by atomic mass is 19.4. The molecule has 1 N–H and O–H groups in total. The number of hydrogen-bond donors (Lipinski definition) is 1. The van der Waals surface area contributed by atoms with E-state index in [1.54, 1.807) is 0 Å². The molecule has 2 aromatic carbocycles. The summed E-state index contributed by atoms with van der Waals surface area (Å²) in [4.78, 5) is 15.8. The van der Waals surface area contributed by atoms with Crippen molar-refractivity contribution in [3.63, 3.8) is 0 Å². The molecule has 1 amide bonds. The predicted octanol–water partition coefficient (Wildman–Crippen LogP) is 4.92. The largest absolute Gasteiger partial charge is 0.489 e. The van der Waals surface area contributed by atoms with Crippen LogP contribution in [0.1, 0.15) is 32.9 Å². The number of carbonyl (C=O) groups is 1. The maximum atomic E-state index is 12.7. The first-order valence-corrected chi connectivity index (χ1v) is 8.91. The zero-order valence-electron chi connectivity index (χ0n) is 15.7. The van der Waals surface area contributed by atoms with Crippen LogP contribution in [-0.2, 0) is 19.3 Å². The second kappa shape index (κ2) is 8.77. The molecule has 0 aliphatic rings. The Morgan fingerprint density at radius 1 is 0.966 bits per heavy atom. The van der Waals surface area contributed by atoms with E-state index in [1.807, 2.05) is 54.6 Å². The Labute approximate surface area is 166 Å². The number of aromatic nitrogens is 1. The number of halogens is 3. The molecule has 0 aliphatic carbocycles. The molecule has 3 rings (SSSR count). The Balaban J connectivity index is 1.55. The van der Waals surface area contributed by atoms with E-state index in [2.05, 4.69) is 10.3 Å². The van der Waals surface area contributed by atoms with Gasteiger partial charge < -0.3 is 10.1 Å². The number of amides is 1. The van der Waals surface area contributed by atoms with Crippen LogP contribution in [0.3, 0.4) is 0 Å². The summed E-state index contributed by atoms with van der Waals surface area (Å²) in [6, 6.07) is 18.9. The fourth-order valence-electron chi connectivity index (χ4n) is 2.67. The molecule has 0 unspecified atom stereocenters. The van der Waals surface area contributed by atoms with E-state index in [0.29, 0.717) is 6.61 Å². The molecule has 4 nitrogen and oxygen atoms in total. The molecule has 7 heteroatoms. The molecule has 0 fully saturated rings. The number of rotatable bonds is 6. The van der Waals surface area contributed by atoms with Crippen LogP contribution in [0.4, 0.5) is 13.2 Å². The van der Waals surface area contributed by atoms with Crippen LogP contribution in [0.15, 0.2) is 66.7 Å². The Morgan fingerprint density at radius 3 is 2.24 bits per heavy atom. The summed E-state index contributed by atoms with van der Waals surface area (Å²) in [5.74, 6) is 0.310. The number of hydrogen-bond acceptors (Lipinski definition) is 3. The van der Waals surface area contributed by atoms with Crippen molar-refractivity contribution >= 4 is 5.91 Å². The monoisotopic (exact) mass is 400 g/mol. The number of nitrogens with one attached hydrogen (secondary N) is 1. The zero-order valence-corrected chi connectivity index (χ0v) is 15.7. The summed E-state index contributed by atoms with van der Waals surface area (Å²) < 4.78 is 43.7. The average Bonchev–Trinajstić information content (AvgIpc) is 2.71. The molecule has 0 aliphatic heterocycles. The lowest BCUT2D eigenvalue weighted by Gasteiger charge is -2.11. The number of ether oxygens (including phenoxy) is 1. The SMILES string of the molecule is Cc1nc(C(F)(F)F)ccc1C(=O)NCc1ccc(COc2ccccc2)cc1. The Morgan fingerprint density at radius 2 is 1.62 bits per heavy atom. The first kappa shape index (κ1) is 20.4. The van der Waals surface area contributed by atoms with Crippen molar-refractivity contribution in [1.82, 2.24) is 10.3 Å². The standard InChI is InChI=1S/C22H19F3N2O2/c1-15-19(11-12-20(27-15)22(23,24)25)21(28)26-13-16-7-9-17(10-8-16)14-29-18-5-3-2-4-6-18/h2-12H,13-14H2,1H3,(H,26,28). The quantitative estimate of drug-likeness (QED) is 0.639. The van der Waals surface area contributed by atoms with Gasteiger partial charge in [-0.25, -0.2) is 4.98 Å². The molecule has 0 saturated heterocycles. The highest BCUT2D eigenvalue weighted by Crippen LogP contribution is 2.28. The predicted molar refractivity (Wildman–Crippen MR) is 102 cm³/mol. The van der Waals surface area contributed by atoms with Crippen LogP contribution in [0.25, 0.3) is 0 Å². The Hall–Kier alpha value is -3.35. The number of nitrogens with zero attached hydrogens (tertiary/aromatic N) is 1. The molecule has 0 saturated carbocycles. The van der Waals surface area contributed by atoms with Crippen LogP contribution < -0.4 is 10.1 Å². The number of carbonyl (C=O) groups excluding carboxylic acids is 1. The van der Waals surface area contributed by atoms with E-state index in [1.165, 1.54) is 6.92 Å². The van der Waals surface area contributed by atoms with Crippen LogP contribution in [0.5, 0.6) is 5.75 Å². The van der Waals surface area contributed by atoms with Crippen molar-refractivity contribution in [1.29, 1.82) is 0 Å². The summed E-state index contributed by atoms with van der Waals surface area (Å²) in [5, 5.41) is 2.70. The fraction of sp³-hybridized carbons (Fsp3) is 0.182. The number of pyridine rings is 1. The Kier molecular flexibility index (Phi) is 6.16. The van der Waals surface area contributed by atoms with E-state index in [-0.39, 0.29) is 17.8 Å². The Bertz CT molecular complexity index is 972. The van der Waals surface area contributed by atoms with Gasteiger partial charge in [0, 0.05) is 6.54 Å². The first-order valence-electron chi connectivity index (χ1n) is 8.91. The molecule has 3 aromatic rings. The number of para-hydroxylation sites is 1. The first-order chi connectivity index (χ1) is 13.8. The maximum absolute atomic E-state index is 12.7. The lowest BCUT2D eigenvalue weighted by atomic mass is 10.1. The van der Waals surface area contributed by atoms with Gasteiger partial charge in [0.25, 0.3) is 5.91 Å². The van der Waals surface area contributed by atoms with Crippen molar-refractivity contribution in [3.8, 4) is 5.75 Å². The van der Waals surface area contributed by atoms with Gasteiger partial charge in [-0.1, -0.05) is 42.5 Å². The highest BCUT2D eigenvalue weighted by Gasteiger charge is 2.33. The molecule has 150 valence electrons. The second-order valence-corrected chi connectivity index (χ2v) is 6.43. The topological polar surface area (TPSA) is 51.2 Å². The van der Waals surface area contributed by atoms with E-state index < -0.39 is 17.8 Å². The lowest BCUT2D eigenvalue weighted by Crippen LogP contribution is -2.24. The minimum absolute atomic E-state index is 0.0331. The smallest absolute Gasteiger partial charge is 0.433 e. The van der Waals surface area contributed by atoms with Gasteiger partial charge in [-0.3, -0.25) is 4.79 Å². The third kappa shape index (κ3) is 5.57. The lowest BCUT2D eigenvalue weighted by molar-refractivity contribution is -0.141. The molecule has 0 atom stereocenters. The van der Waals surface area contributed by atoms with Crippen molar-refractivity contribution in [2.24, 2.45) is 0 Å². The van der Waals surface area contributed by atoms with Crippen molar-refractivity contribution in [2.75, 3.05) is 0 Å². The molecule has 0 bridgehead atoms. The van der Waals surface area contributed by atoms with Crippen LogP contribution in [0.2, 0.25) is 0 Å². The molecule has 1 aromatic heterocycles. The van der Waals surface area contributed by atoms with Gasteiger partial charge in [0.15, 0.2) is 0 Å². The molecule has 29 heavy (non-hydrogen) atoms. The number of benzene rings is 2. The van der Waals surface area contributed by atoms with E-state index in [4.69, 9.17) is 4.74 Å². The van der Waals surface area contributed by atoms with Crippen LogP contribution in [-0.4, -0.2) is 10.9 Å². The van der Waals surface area contributed by atoms with Gasteiger partial charge in [0.2, 0.25) is 0 Å². The maximum Gasteiger partial charge on any atom is 0.433 e. The van der Waals surface area contributed by atoms with Gasteiger partial charge in [0.05, 0.1) is 11.3 Å². The molecule has 0 spiro atoms.